The minimum atomic E-state index is -5.04. The smallest absolute Gasteiger partial charge is 0.364 e. The highest BCUT2D eigenvalue weighted by atomic mass is 19.4. The summed E-state index contributed by atoms with van der Waals surface area (Å²) in [5.41, 5.74) is 1.58. The van der Waals surface area contributed by atoms with Crippen LogP contribution in [0.15, 0.2) is 42.5 Å². The summed E-state index contributed by atoms with van der Waals surface area (Å²) >= 11 is 0. The van der Waals surface area contributed by atoms with Crippen LogP contribution < -0.4 is 11.1 Å². The molecule has 0 atom stereocenters. The van der Waals surface area contributed by atoms with E-state index in [0.717, 1.165) is 28.9 Å². The average Bonchev–Trinajstić information content (AvgIpc) is 3.10. The molecule has 0 aliphatic carbocycles. The van der Waals surface area contributed by atoms with Crippen LogP contribution in [0.1, 0.15) is 37.8 Å². The van der Waals surface area contributed by atoms with Crippen molar-refractivity contribution in [3.8, 4) is 0 Å². The Bertz CT molecular complexity index is 1530. The Morgan fingerprint density at radius 3 is 2.42 bits per heavy atom. The molecule has 13 heteroatoms. The number of hydrogen-bond acceptors (Lipinski definition) is 4. The maximum Gasteiger partial charge on any atom is 0.437 e. The molecule has 0 fully saturated rings. The van der Waals surface area contributed by atoms with E-state index in [0.29, 0.717) is 6.07 Å². The van der Waals surface area contributed by atoms with Crippen molar-refractivity contribution in [3.05, 3.63) is 88.1 Å². The van der Waals surface area contributed by atoms with Gasteiger partial charge in [0.1, 0.15) is 23.1 Å². The number of hydrogen-bond donors (Lipinski definition) is 2. The molecule has 0 radical (unpaired) electrons. The molecule has 0 aliphatic rings. The van der Waals surface area contributed by atoms with Crippen molar-refractivity contribution in [2.45, 2.75) is 19.6 Å². The summed E-state index contributed by atoms with van der Waals surface area (Å²) in [5, 5.41) is 5.20. The highest BCUT2D eigenvalue weighted by Crippen LogP contribution is 2.36. The molecule has 2 heterocycles. The molecule has 0 spiro atoms. The van der Waals surface area contributed by atoms with Crippen LogP contribution in [-0.2, 0) is 12.7 Å². The van der Waals surface area contributed by atoms with Gasteiger partial charge in [-0.05, 0) is 31.2 Å². The first-order valence-corrected chi connectivity index (χ1v) is 10.2. The lowest BCUT2D eigenvalue weighted by molar-refractivity contribution is -0.140. The van der Waals surface area contributed by atoms with Gasteiger partial charge in [-0.3, -0.25) is 14.3 Å². The number of carbonyl (C=O) groups is 2. The number of aromatic nitrogens is 3. The van der Waals surface area contributed by atoms with Crippen molar-refractivity contribution in [1.29, 1.82) is 0 Å². The van der Waals surface area contributed by atoms with Crippen molar-refractivity contribution >= 4 is 28.4 Å². The molecule has 0 aliphatic heterocycles. The van der Waals surface area contributed by atoms with Gasteiger partial charge in [-0.15, -0.1) is 0 Å². The molecule has 0 bridgehead atoms. The van der Waals surface area contributed by atoms with E-state index in [1.807, 2.05) is 0 Å². The zero-order valence-corrected chi connectivity index (χ0v) is 18.3. The molecular weight excluding hydrogens is 492 g/mol. The third-order valence-corrected chi connectivity index (χ3v) is 5.33. The van der Waals surface area contributed by atoms with Gasteiger partial charge in [0, 0.05) is 17.0 Å². The van der Waals surface area contributed by atoms with E-state index in [1.165, 1.54) is 19.1 Å². The number of nitrogens with zero attached hydrogens (tertiary/aromatic N) is 3. The van der Waals surface area contributed by atoms with Crippen LogP contribution in [0.25, 0.3) is 10.9 Å². The van der Waals surface area contributed by atoms with Gasteiger partial charge in [0.05, 0.1) is 29.0 Å². The van der Waals surface area contributed by atoms with Crippen molar-refractivity contribution in [3.63, 3.8) is 0 Å². The largest absolute Gasteiger partial charge is 0.437 e. The van der Waals surface area contributed by atoms with Crippen LogP contribution in [0.4, 0.5) is 32.0 Å². The maximum atomic E-state index is 14.5. The van der Waals surface area contributed by atoms with Crippen LogP contribution in [0, 0.1) is 24.4 Å². The molecular formula is C23H15F6N5O2. The molecule has 2 aromatic heterocycles. The average molecular weight is 507 g/mol. The zero-order chi connectivity index (χ0) is 26.4. The van der Waals surface area contributed by atoms with Crippen LogP contribution >= 0.6 is 0 Å². The molecule has 3 N–H and O–H groups in total. The standard InChI is InChI=1S/C23H15F6N5O2/c1-10-19(20(23(27,28)29)33-34(10)9-11-5-6-12(24)7-15(11)26)32-22(36)13-8-17(21(30)35)31-16-4-2-3-14(25)18(13)16/h2-8H,9H2,1H3,(H2,30,35)(H,32,36). The summed E-state index contributed by atoms with van der Waals surface area (Å²) in [5.74, 6) is -5.02. The molecule has 4 rings (SSSR count). The summed E-state index contributed by atoms with van der Waals surface area (Å²) in [6, 6.07) is 6.99. The normalized spacial score (nSPS) is 11.6. The summed E-state index contributed by atoms with van der Waals surface area (Å²) in [4.78, 5) is 28.6. The minimum absolute atomic E-state index is 0.119. The Labute approximate surface area is 198 Å². The molecule has 4 aromatic rings. The second kappa shape index (κ2) is 8.98. The molecule has 0 unspecified atom stereocenters. The fourth-order valence-electron chi connectivity index (χ4n) is 3.59. The number of nitrogens with one attached hydrogen (secondary N) is 1. The Morgan fingerprint density at radius 2 is 1.78 bits per heavy atom. The first-order valence-electron chi connectivity index (χ1n) is 10.2. The lowest BCUT2D eigenvalue weighted by Crippen LogP contribution is -2.20. The van der Waals surface area contributed by atoms with Gasteiger partial charge in [0.2, 0.25) is 0 Å². The number of carbonyl (C=O) groups excluding carboxylic acids is 2. The maximum absolute atomic E-state index is 14.5. The topological polar surface area (TPSA) is 103 Å². The molecule has 2 aromatic carbocycles. The van der Waals surface area contributed by atoms with Gasteiger partial charge in [0.25, 0.3) is 11.8 Å². The number of primary amides is 1. The lowest BCUT2D eigenvalue weighted by Gasteiger charge is -2.12. The highest BCUT2D eigenvalue weighted by Gasteiger charge is 2.39. The molecule has 186 valence electrons. The van der Waals surface area contributed by atoms with E-state index in [2.05, 4.69) is 15.4 Å². The van der Waals surface area contributed by atoms with E-state index in [-0.39, 0.29) is 22.2 Å². The number of alkyl halides is 3. The predicted molar refractivity (Wildman–Crippen MR) is 116 cm³/mol. The number of benzene rings is 2. The number of fused-ring (bicyclic) bond motifs is 1. The van der Waals surface area contributed by atoms with Gasteiger partial charge in [-0.2, -0.15) is 18.3 Å². The number of amides is 2. The lowest BCUT2D eigenvalue weighted by atomic mass is 10.1. The Hall–Kier alpha value is -4.42. The minimum Gasteiger partial charge on any atom is -0.364 e. The fourth-order valence-corrected chi connectivity index (χ4v) is 3.59. The number of anilines is 1. The predicted octanol–water partition coefficient (Wildman–Crippen LogP) is 4.58. The fraction of sp³-hybridized carbons (Fsp3) is 0.130. The third kappa shape index (κ3) is 4.59. The van der Waals surface area contributed by atoms with E-state index in [4.69, 9.17) is 5.73 Å². The number of halogens is 6. The number of pyridine rings is 1. The van der Waals surface area contributed by atoms with E-state index < -0.39 is 64.6 Å². The monoisotopic (exact) mass is 507 g/mol. The highest BCUT2D eigenvalue weighted by molar-refractivity contribution is 6.14. The molecule has 0 saturated heterocycles. The van der Waals surface area contributed by atoms with Crippen LogP contribution in [-0.4, -0.2) is 26.6 Å². The van der Waals surface area contributed by atoms with Crippen LogP contribution in [0.3, 0.4) is 0 Å². The van der Waals surface area contributed by atoms with Crippen LogP contribution in [0.5, 0.6) is 0 Å². The van der Waals surface area contributed by atoms with Crippen molar-refractivity contribution in [1.82, 2.24) is 14.8 Å². The van der Waals surface area contributed by atoms with Crippen molar-refractivity contribution < 1.29 is 35.9 Å². The number of rotatable bonds is 5. The summed E-state index contributed by atoms with van der Waals surface area (Å²) in [6.07, 6.45) is -5.04. The Morgan fingerprint density at radius 1 is 1.06 bits per heavy atom. The Balaban J connectivity index is 1.80. The first kappa shape index (κ1) is 24.7. The van der Waals surface area contributed by atoms with E-state index in [9.17, 15) is 35.9 Å². The zero-order valence-electron chi connectivity index (χ0n) is 18.3. The number of nitrogens with two attached hydrogens (primary N) is 1. The van der Waals surface area contributed by atoms with Gasteiger partial charge >= 0.3 is 6.18 Å². The second-order valence-electron chi connectivity index (χ2n) is 7.71. The third-order valence-electron chi connectivity index (χ3n) is 5.33. The summed E-state index contributed by atoms with van der Waals surface area (Å²) in [7, 11) is 0. The van der Waals surface area contributed by atoms with Crippen molar-refractivity contribution in [2.24, 2.45) is 5.73 Å². The molecule has 7 nitrogen and oxygen atoms in total. The molecule has 36 heavy (non-hydrogen) atoms. The van der Waals surface area contributed by atoms with E-state index >= 15 is 0 Å². The first-order chi connectivity index (χ1) is 16.9. The van der Waals surface area contributed by atoms with Crippen molar-refractivity contribution in [2.75, 3.05) is 5.32 Å². The Kier molecular flexibility index (Phi) is 6.16. The van der Waals surface area contributed by atoms with Gasteiger partial charge in [0.15, 0.2) is 5.69 Å². The van der Waals surface area contributed by atoms with Gasteiger partial charge in [-0.1, -0.05) is 12.1 Å². The van der Waals surface area contributed by atoms with Gasteiger partial charge < -0.3 is 11.1 Å². The SMILES string of the molecule is Cc1c(NC(=O)c2cc(C(N)=O)nc3cccc(F)c23)c(C(F)(F)F)nn1Cc1ccc(F)cc1F. The van der Waals surface area contributed by atoms with Gasteiger partial charge in [-0.25, -0.2) is 18.2 Å². The molecule has 2 amide bonds. The van der Waals surface area contributed by atoms with Crippen LogP contribution in [0.2, 0.25) is 0 Å². The second-order valence-corrected chi connectivity index (χ2v) is 7.71. The van der Waals surface area contributed by atoms with E-state index in [1.54, 1.807) is 0 Å². The molecule has 0 saturated carbocycles. The quantitative estimate of drug-likeness (QED) is 0.386. The summed E-state index contributed by atoms with van der Waals surface area (Å²) < 4.78 is 83.9. The summed E-state index contributed by atoms with van der Waals surface area (Å²) in [6.45, 7) is 0.689.